The Morgan fingerprint density at radius 3 is 2.46 bits per heavy atom. The van der Waals surface area contributed by atoms with Crippen LogP contribution in [-0.4, -0.2) is 141 Å². The number of aliphatic hydroxyl groups is 1. The summed E-state index contributed by atoms with van der Waals surface area (Å²) in [7, 11) is 5.81. The highest BCUT2D eigenvalue weighted by Crippen LogP contribution is 2.39. The van der Waals surface area contributed by atoms with E-state index in [2.05, 4.69) is 55.6 Å². The Bertz CT molecular complexity index is 1900. The van der Waals surface area contributed by atoms with Gasteiger partial charge in [0.25, 0.3) is 0 Å². The fourth-order valence-electron chi connectivity index (χ4n) is 8.17. The zero-order valence-corrected chi connectivity index (χ0v) is 32.9. The van der Waals surface area contributed by atoms with Crippen molar-refractivity contribution in [1.82, 2.24) is 19.6 Å². The van der Waals surface area contributed by atoms with E-state index in [-0.39, 0.29) is 23.7 Å². The fourth-order valence-corrected chi connectivity index (χ4v) is 8.17. The lowest BCUT2D eigenvalue weighted by atomic mass is 9.79. The van der Waals surface area contributed by atoms with Gasteiger partial charge in [0.2, 0.25) is 11.8 Å². The highest BCUT2D eigenvalue weighted by molar-refractivity contribution is 5.93. The topological polar surface area (TPSA) is 148 Å². The van der Waals surface area contributed by atoms with Gasteiger partial charge in [-0.2, -0.15) is 5.26 Å². The molecule has 3 fully saturated rings. The lowest BCUT2D eigenvalue weighted by Crippen LogP contribution is -2.54. The zero-order valence-electron chi connectivity index (χ0n) is 32.9. The first kappa shape index (κ1) is 40.4. The number of likely N-dealkylation sites (tertiary alicyclic amines) is 1. The van der Waals surface area contributed by atoms with E-state index >= 15 is 0 Å². The molecular formula is C43H55N9O4. The minimum Gasteiger partial charge on any atom is -0.388 e. The maximum Gasteiger partial charge on any atom is 0.226 e. The van der Waals surface area contributed by atoms with E-state index in [0.717, 1.165) is 49.4 Å². The summed E-state index contributed by atoms with van der Waals surface area (Å²) in [5.41, 5.74) is 3.98. The van der Waals surface area contributed by atoms with E-state index in [1.54, 1.807) is 29.4 Å². The molecule has 3 heterocycles. The van der Waals surface area contributed by atoms with Crippen molar-refractivity contribution < 1.29 is 19.5 Å². The second-order valence-electron chi connectivity index (χ2n) is 15.5. The van der Waals surface area contributed by atoms with Crippen LogP contribution in [0.3, 0.4) is 0 Å². The first-order valence-corrected chi connectivity index (χ1v) is 19.7. The van der Waals surface area contributed by atoms with Crippen molar-refractivity contribution >= 4 is 47.2 Å². The van der Waals surface area contributed by atoms with Crippen LogP contribution in [0.1, 0.15) is 53.1 Å². The van der Waals surface area contributed by atoms with E-state index in [4.69, 9.17) is 0 Å². The van der Waals surface area contributed by atoms with Gasteiger partial charge >= 0.3 is 0 Å². The predicted molar refractivity (Wildman–Crippen MR) is 221 cm³/mol. The highest BCUT2D eigenvalue weighted by atomic mass is 16.3. The van der Waals surface area contributed by atoms with Gasteiger partial charge < -0.3 is 40.2 Å². The molecule has 3 saturated heterocycles. The molecule has 3 aliphatic heterocycles. The van der Waals surface area contributed by atoms with Crippen LogP contribution in [0.25, 0.3) is 0 Å². The molecule has 13 nitrogen and oxygen atoms in total. The average Bonchev–Trinajstić information content (AvgIpc) is 3.22. The van der Waals surface area contributed by atoms with Crippen LogP contribution >= 0.6 is 0 Å². The normalized spacial score (nSPS) is 20.3. The van der Waals surface area contributed by atoms with Crippen molar-refractivity contribution in [3.8, 4) is 6.07 Å². The molecule has 296 valence electrons. The number of nitriles is 1. The zero-order chi connectivity index (χ0) is 39.7. The molecule has 2 amide bonds. The minimum atomic E-state index is -1.03. The molecule has 2 atom stereocenters. The number of rotatable bonds is 13. The number of hydrogen-bond acceptors (Lipinski definition) is 10. The van der Waals surface area contributed by atoms with Gasteiger partial charge in [0, 0.05) is 109 Å². The number of piperazine rings is 1. The molecule has 13 heteroatoms. The second kappa shape index (κ2) is 18.6. The third-order valence-electron chi connectivity index (χ3n) is 11.5. The van der Waals surface area contributed by atoms with Gasteiger partial charge in [-0.15, -0.1) is 0 Å². The largest absolute Gasteiger partial charge is 0.388 e. The van der Waals surface area contributed by atoms with Crippen molar-refractivity contribution in [3.63, 3.8) is 0 Å². The summed E-state index contributed by atoms with van der Waals surface area (Å²) in [6.07, 6.45) is 4.24. The van der Waals surface area contributed by atoms with E-state index in [9.17, 15) is 24.8 Å². The van der Waals surface area contributed by atoms with Crippen LogP contribution in [0.2, 0.25) is 0 Å². The molecule has 0 spiro atoms. The molecule has 0 aromatic heterocycles. The van der Waals surface area contributed by atoms with Crippen LogP contribution in [0.5, 0.6) is 0 Å². The smallest absolute Gasteiger partial charge is 0.226 e. The first-order chi connectivity index (χ1) is 27.1. The molecule has 3 aromatic carbocycles. The molecule has 56 heavy (non-hydrogen) atoms. The molecule has 3 aromatic rings. The van der Waals surface area contributed by atoms with Gasteiger partial charge in [-0.25, -0.2) is 4.99 Å². The van der Waals surface area contributed by atoms with Crippen molar-refractivity contribution in [2.75, 3.05) is 102 Å². The number of piperidine rings is 2. The average molecular weight is 762 g/mol. The van der Waals surface area contributed by atoms with Crippen molar-refractivity contribution in [2.24, 2.45) is 10.9 Å². The number of carbonyl (C=O) groups is 3. The number of nitrogens with one attached hydrogen (secondary N) is 2. The number of likely N-dealkylation sites (N-methyl/N-ethyl adjacent to an activating group) is 2. The van der Waals surface area contributed by atoms with Gasteiger partial charge in [-0.05, 0) is 68.3 Å². The molecule has 2 unspecified atom stereocenters. The molecule has 3 N–H and O–H groups in total. The number of carbonyl (C=O) groups excluding carboxylic acids is 3. The number of hydrogen-bond donors (Lipinski definition) is 3. The summed E-state index contributed by atoms with van der Waals surface area (Å²) in [6, 6.07) is 23.1. The van der Waals surface area contributed by atoms with Crippen LogP contribution < -0.4 is 15.5 Å². The molecule has 0 bridgehead atoms. The number of aliphatic imine (C=N–C) groups is 1. The number of benzene rings is 3. The number of amides is 2. The Morgan fingerprint density at radius 1 is 1.02 bits per heavy atom. The van der Waals surface area contributed by atoms with E-state index in [0.29, 0.717) is 87.5 Å². The number of aldehydes is 1. The molecule has 0 radical (unpaired) electrons. The lowest BCUT2D eigenvalue weighted by Gasteiger charge is -2.44. The minimum absolute atomic E-state index is 0.0405. The Kier molecular flexibility index (Phi) is 13.4. The Balaban J connectivity index is 1.04. The molecule has 0 saturated carbocycles. The van der Waals surface area contributed by atoms with Crippen LogP contribution in [-0.2, 0) is 9.59 Å². The summed E-state index contributed by atoms with van der Waals surface area (Å²) in [6.45, 7) is 7.11. The van der Waals surface area contributed by atoms with Gasteiger partial charge in [-0.3, -0.25) is 14.4 Å². The van der Waals surface area contributed by atoms with Gasteiger partial charge in [0.1, 0.15) is 0 Å². The van der Waals surface area contributed by atoms with E-state index in [1.165, 1.54) is 0 Å². The van der Waals surface area contributed by atoms with Crippen LogP contribution in [0, 0.1) is 17.2 Å². The van der Waals surface area contributed by atoms with Crippen molar-refractivity contribution in [3.05, 3.63) is 83.4 Å². The maximum absolute atomic E-state index is 14.3. The SMILES string of the molecule is CNc1ccc(C#N)cc1N1CCC(C(=O)N2CCC(O)(CN(C)C=Nc3cc(NC(=O)CCN4CCN(C)CC4)ccc3C=O)CC2)C(c2ccccc2)C1. The quantitative estimate of drug-likeness (QED) is 0.131. The summed E-state index contributed by atoms with van der Waals surface area (Å²) in [5.74, 6) is -0.228. The molecule has 3 aliphatic rings. The van der Waals surface area contributed by atoms with Crippen LogP contribution in [0.4, 0.5) is 22.7 Å². The second-order valence-corrected chi connectivity index (χ2v) is 15.5. The van der Waals surface area contributed by atoms with E-state index < -0.39 is 5.60 Å². The summed E-state index contributed by atoms with van der Waals surface area (Å²) >= 11 is 0. The maximum atomic E-state index is 14.3. The third kappa shape index (κ3) is 10.1. The number of anilines is 3. The first-order valence-electron chi connectivity index (χ1n) is 19.7. The highest BCUT2D eigenvalue weighted by Gasteiger charge is 2.41. The molecule has 6 rings (SSSR count). The number of nitrogens with zero attached hydrogens (tertiary/aromatic N) is 7. The predicted octanol–water partition coefficient (Wildman–Crippen LogP) is 4.24. The third-order valence-corrected chi connectivity index (χ3v) is 11.5. The van der Waals surface area contributed by atoms with Gasteiger partial charge in [-0.1, -0.05) is 30.3 Å². The van der Waals surface area contributed by atoms with Gasteiger partial charge in [0.15, 0.2) is 6.29 Å². The van der Waals surface area contributed by atoms with Gasteiger partial charge in [0.05, 0.1) is 40.6 Å². The summed E-state index contributed by atoms with van der Waals surface area (Å²) in [4.78, 5) is 53.9. The molecular weight excluding hydrogens is 707 g/mol. The van der Waals surface area contributed by atoms with E-state index in [1.807, 2.05) is 55.4 Å². The molecule has 0 aliphatic carbocycles. The van der Waals surface area contributed by atoms with Crippen molar-refractivity contribution in [2.45, 2.75) is 37.2 Å². The monoisotopic (exact) mass is 761 g/mol. The summed E-state index contributed by atoms with van der Waals surface area (Å²) < 4.78 is 0. The lowest BCUT2D eigenvalue weighted by molar-refractivity contribution is -0.141. The Labute approximate surface area is 330 Å². The Hall–Kier alpha value is -5.29. The van der Waals surface area contributed by atoms with Crippen molar-refractivity contribution in [1.29, 1.82) is 5.26 Å². The Morgan fingerprint density at radius 2 is 1.77 bits per heavy atom. The standard InChI is InChI=1S/C43H55N9O4/c1-45-38-12-9-32(27-44)25-40(38)52-18-13-36(37(28-52)33-7-5-4-6-8-33)42(55)51-19-15-43(56,16-20-51)30-49(3)31-46-39-26-35(11-10-34(39)29-53)47-41(54)14-17-50-23-21-48(2)22-24-50/h4-12,25-26,29,31,36-37,45,56H,13-24,28,30H2,1-3H3,(H,47,54). The fraction of sp³-hybridized carbons (Fsp3) is 0.465. The summed E-state index contributed by atoms with van der Waals surface area (Å²) in [5, 5.41) is 27.4. The van der Waals surface area contributed by atoms with Crippen LogP contribution in [0.15, 0.2) is 71.7 Å².